The molecule has 0 aromatic heterocycles. The molecule has 0 aliphatic rings. The summed E-state index contributed by atoms with van der Waals surface area (Å²) in [7, 11) is 0. The van der Waals surface area contributed by atoms with Crippen molar-refractivity contribution in [3.63, 3.8) is 0 Å². The molecular formula is C20H29N3O6. The zero-order valence-electron chi connectivity index (χ0n) is 17.2. The van der Waals surface area contributed by atoms with Crippen LogP contribution in [0.4, 0.5) is 4.79 Å². The minimum absolute atomic E-state index is 0.0364. The molecule has 0 saturated carbocycles. The fourth-order valence-electron chi connectivity index (χ4n) is 2.50. The summed E-state index contributed by atoms with van der Waals surface area (Å²) < 4.78 is 5.11. The van der Waals surface area contributed by atoms with E-state index in [2.05, 4.69) is 5.32 Å². The summed E-state index contributed by atoms with van der Waals surface area (Å²) in [6, 6.07) is 7.75. The number of hydrogen-bond acceptors (Lipinski definition) is 5. The van der Waals surface area contributed by atoms with Crippen molar-refractivity contribution >= 4 is 23.9 Å². The van der Waals surface area contributed by atoms with E-state index in [1.807, 2.05) is 6.07 Å². The van der Waals surface area contributed by atoms with Crippen molar-refractivity contribution in [2.45, 2.75) is 52.3 Å². The van der Waals surface area contributed by atoms with Gasteiger partial charge in [0.1, 0.15) is 12.6 Å². The molecule has 0 saturated heterocycles. The van der Waals surface area contributed by atoms with Gasteiger partial charge in [0.05, 0.1) is 12.3 Å². The number of ether oxygens (including phenoxy) is 1. The first-order chi connectivity index (χ1) is 13.4. The highest BCUT2D eigenvalue weighted by molar-refractivity contribution is 5.90. The van der Waals surface area contributed by atoms with Crippen molar-refractivity contribution in [2.24, 2.45) is 11.7 Å². The normalized spacial score (nSPS) is 13.1. The van der Waals surface area contributed by atoms with E-state index in [0.717, 1.165) is 10.5 Å². The number of carbonyl (C=O) groups excluding carboxylic acids is 3. The van der Waals surface area contributed by atoms with Crippen LogP contribution in [0.15, 0.2) is 30.3 Å². The molecule has 4 N–H and O–H groups in total. The molecule has 0 heterocycles. The SMILES string of the molecule is CC(CN(C(=O)O)C(C)(C)C)C(=O)N[C@@H](CC(=O)OCc1ccccc1)C(N)=O. The Balaban J connectivity index is 2.65. The zero-order chi connectivity index (χ0) is 22.2. The van der Waals surface area contributed by atoms with E-state index >= 15 is 0 Å². The van der Waals surface area contributed by atoms with Gasteiger partial charge in [0.15, 0.2) is 0 Å². The second-order valence-electron chi connectivity index (χ2n) is 7.78. The lowest BCUT2D eigenvalue weighted by molar-refractivity contribution is -0.147. The summed E-state index contributed by atoms with van der Waals surface area (Å²) in [5.41, 5.74) is 5.37. The summed E-state index contributed by atoms with van der Waals surface area (Å²) in [6.07, 6.45) is -1.57. The van der Waals surface area contributed by atoms with Gasteiger partial charge in [-0.3, -0.25) is 14.4 Å². The van der Waals surface area contributed by atoms with Crippen LogP contribution in [0.1, 0.15) is 39.7 Å². The summed E-state index contributed by atoms with van der Waals surface area (Å²) in [4.78, 5) is 48.6. The van der Waals surface area contributed by atoms with Crippen molar-refractivity contribution in [2.75, 3.05) is 6.54 Å². The summed E-state index contributed by atoms with van der Waals surface area (Å²) in [5.74, 6) is -2.91. The zero-order valence-corrected chi connectivity index (χ0v) is 17.2. The van der Waals surface area contributed by atoms with Gasteiger partial charge < -0.3 is 25.8 Å². The van der Waals surface area contributed by atoms with Crippen LogP contribution in [-0.4, -0.2) is 52.0 Å². The second kappa shape index (κ2) is 10.4. The lowest BCUT2D eigenvalue weighted by atomic mass is 10.0. The number of benzene rings is 1. The fraction of sp³-hybridized carbons (Fsp3) is 0.500. The highest BCUT2D eigenvalue weighted by Gasteiger charge is 2.31. The van der Waals surface area contributed by atoms with Crippen molar-refractivity contribution in [1.29, 1.82) is 0 Å². The van der Waals surface area contributed by atoms with Crippen LogP contribution in [-0.2, 0) is 25.7 Å². The van der Waals surface area contributed by atoms with Gasteiger partial charge in [-0.2, -0.15) is 0 Å². The van der Waals surface area contributed by atoms with Crippen molar-refractivity contribution < 1.29 is 29.0 Å². The number of carboxylic acid groups (broad SMARTS) is 1. The number of primary amides is 1. The minimum Gasteiger partial charge on any atom is -0.465 e. The van der Waals surface area contributed by atoms with Gasteiger partial charge in [0.25, 0.3) is 0 Å². The Morgan fingerprint density at radius 2 is 1.76 bits per heavy atom. The van der Waals surface area contributed by atoms with E-state index in [1.165, 1.54) is 6.92 Å². The molecule has 0 radical (unpaired) electrons. The molecule has 1 rings (SSSR count). The number of nitrogens with zero attached hydrogens (tertiary/aromatic N) is 1. The Labute approximate surface area is 170 Å². The van der Waals surface area contributed by atoms with Gasteiger partial charge in [-0.25, -0.2) is 4.79 Å². The number of amides is 3. The van der Waals surface area contributed by atoms with E-state index < -0.39 is 47.8 Å². The van der Waals surface area contributed by atoms with Crippen LogP contribution in [0.3, 0.4) is 0 Å². The third kappa shape index (κ3) is 8.20. The standard InChI is InChI=1S/C20H29N3O6/c1-13(11-23(19(27)28)20(2,3)4)18(26)22-15(17(21)25)10-16(24)29-12-14-8-6-5-7-9-14/h5-9,13,15H,10-12H2,1-4H3,(H2,21,25)(H,22,26)(H,27,28)/t13?,15-/m0/s1. The number of nitrogens with two attached hydrogens (primary N) is 1. The van der Waals surface area contributed by atoms with Crippen LogP contribution in [0, 0.1) is 5.92 Å². The van der Waals surface area contributed by atoms with Gasteiger partial charge >= 0.3 is 12.1 Å². The predicted octanol–water partition coefficient (Wildman–Crippen LogP) is 1.50. The van der Waals surface area contributed by atoms with Gasteiger partial charge in [-0.15, -0.1) is 0 Å². The van der Waals surface area contributed by atoms with E-state index in [4.69, 9.17) is 10.5 Å². The molecule has 1 aromatic rings. The molecule has 9 heteroatoms. The van der Waals surface area contributed by atoms with Gasteiger partial charge in [0, 0.05) is 12.1 Å². The number of rotatable bonds is 9. The van der Waals surface area contributed by atoms with Crippen LogP contribution in [0.2, 0.25) is 0 Å². The van der Waals surface area contributed by atoms with Crippen molar-refractivity contribution in [3.05, 3.63) is 35.9 Å². The molecule has 0 fully saturated rings. The van der Waals surface area contributed by atoms with Crippen molar-refractivity contribution in [3.8, 4) is 0 Å². The molecule has 1 aromatic carbocycles. The fourth-order valence-corrected chi connectivity index (χ4v) is 2.50. The van der Waals surface area contributed by atoms with Crippen LogP contribution in [0.5, 0.6) is 0 Å². The first-order valence-corrected chi connectivity index (χ1v) is 9.21. The maximum atomic E-state index is 12.4. The first-order valence-electron chi connectivity index (χ1n) is 9.21. The Kier molecular flexibility index (Phi) is 8.62. The van der Waals surface area contributed by atoms with E-state index in [-0.39, 0.29) is 13.2 Å². The van der Waals surface area contributed by atoms with Gasteiger partial charge in [0.2, 0.25) is 11.8 Å². The Bertz CT molecular complexity index is 729. The smallest absolute Gasteiger partial charge is 0.407 e. The second-order valence-corrected chi connectivity index (χ2v) is 7.78. The van der Waals surface area contributed by atoms with Crippen LogP contribution in [0.25, 0.3) is 0 Å². The molecule has 2 atom stereocenters. The molecule has 29 heavy (non-hydrogen) atoms. The Hall–Kier alpha value is -3.10. The molecule has 9 nitrogen and oxygen atoms in total. The number of nitrogens with one attached hydrogen (secondary N) is 1. The maximum absolute atomic E-state index is 12.4. The van der Waals surface area contributed by atoms with Gasteiger partial charge in [-0.05, 0) is 26.3 Å². The summed E-state index contributed by atoms with van der Waals surface area (Å²) in [5, 5.41) is 11.7. The molecule has 0 bridgehead atoms. The Morgan fingerprint density at radius 3 is 2.24 bits per heavy atom. The largest absolute Gasteiger partial charge is 0.465 e. The molecule has 3 amide bonds. The molecule has 1 unspecified atom stereocenters. The average Bonchev–Trinajstić information content (AvgIpc) is 2.63. The van der Waals surface area contributed by atoms with Crippen molar-refractivity contribution in [1.82, 2.24) is 10.2 Å². The van der Waals surface area contributed by atoms with E-state index in [9.17, 15) is 24.3 Å². The molecule has 0 spiro atoms. The average molecular weight is 407 g/mol. The van der Waals surface area contributed by atoms with Crippen LogP contribution < -0.4 is 11.1 Å². The first kappa shape index (κ1) is 23.9. The highest BCUT2D eigenvalue weighted by Crippen LogP contribution is 2.16. The maximum Gasteiger partial charge on any atom is 0.407 e. The third-order valence-electron chi connectivity index (χ3n) is 4.22. The van der Waals surface area contributed by atoms with E-state index in [1.54, 1.807) is 45.0 Å². The third-order valence-corrected chi connectivity index (χ3v) is 4.22. The summed E-state index contributed by atoms with van der Waals surface area (Å²) >= 11 is 0. The number of carbonyl (C=O) groups is 4. The van der Waals surface area contributed by atoms with Crippen LogP contribution >= 0.6 is 0 Å². The minimum atomic E-state index is -1.25. The molecular weight excluding hydrogens is 378 g/mol. The quantitative estimate of drug-likeness (QED) is 0.530. The number of esters is 1. The Morgan fingerprint density at radius 1 is 1.17 bits per heavy atom. The summed E-state index contributed by atoms with van der Waals surface area (Å²) in [6.45, 7) is 6.62. The molecule has 0 aliphatic heterocycles. The monoisotopic (exact) mass is 407 g/mol. The number of hydrogen-bond donors (Lipinski definition) is 3. The highest BCUT2D eigenvalue weighted by atomic mass is 16.5. The lowest BCUT2D eigenvalue weighted by Crippen LogP contribution is -2.52. The van der Waals surface area contributed by atoms with E-state index in [0.29, 0.717) is 0 Å². The lowest BCUT2D eigenvalue weighted by Gasteiger charge is -2.34. The molecule has 160 valence electrons. The molecule has 0 aliphatic carbocycles. The topological polar surface area (TPSA) is 139 Å². The predicted molar refractivity (Wildman–Crippen MR) is 106 cm³/mol. The van der Waals surface area contributed by atoms with Gasteiger partial charge in [-0.1, -0.05) is 37.3 Å².